The highest BCUT2D eigenvalue weighted by Gasteiger charge is 2.46. The van der Waals surface area contributed by atoms with E-state index in [1.165, 1.54) is 7.11 Å². The zero-order valence-electron chi connectivity index (χ0n) is 12.5. The summed E-state index contributed by atoms with van der Waals surface area (Å²) in [5, 5.41) is 20.1. The molecular formula is C17H20O4. The molecule has 0 bridgehead atoms. The number of phenols is 1. The van der Waals surface area contributed by atoms with Crippen LogP contribution in [-0.2, 0) is 11.2 Å². The summed E-state index contributed by atoms with van der Waals surface area (Å²) in [4.78, 5) is 12.1. The summed E-state index contributed by atoms with van der Waals surface area (Å²) in [5.41, 5.74) is 2.45. The molecule has 2 unspecified atom stereocenters. The van der Waals surface area contributed by atoms with Crippen molar-refractivity contribution in [3.05, 3.63) is 29.3 Å². The number of ketones is 1. The molecule has 0 aliphatic heterocycles. The molecule has 2 atom stereocenters. The Morgan fingerprint density at radius 2 is 2.05 bits per heavy atom. The molecule has 4 heteroatoms. The van der Waals surface area contributed by atoms with Crippen molar-refractivity contribution in [3.8, 4) is 11.5 Å². The molecule has 3 rings (SSSR count). The van der Waals surface area contributed by atoms with Crippen LogP contribution >= 0.6 is 0 Å². The van der Waals surface area contributed by atoms with Crippen molar-refractivity contribution in [2.75, 3.05) is 7.11 Å². The summed E-state index contributed by atoms with van der Waals surface area (Å²) in [6.07, 6.45) is 2.29. The highest BCUT2D eigenvalue weighted by Crippen LogP contribution is 2.51. The van der Waals surface area contributed by atoms with Crippen LogP contribution in [0.25, 0.3) is 5.57 Å². The number of aromatic hydroxyl groups is 1. The molecule has 2 aliphatic rings. The Kier molecular flexibility index (Phi) is 3.10. The highest BCUT2D eigenvalue weighted by molar-refractivity contribution is 6.03. The van der Waals surface area contributed by atoms with Gasteiger partial charge in [0.2, 0.25) is 0 Å². The van der Waals surface area contributed by atoms with E-state index >= 15 is 0 Å². The Labute approximate surface area is 124 Å². The van der Waals surface area contributed by atoms with Crippen LogP contribution in [-0.4, -0.2) is 29.2 Å². The smallest absolute Gasteiger partial charge is 0.184 e. The number of rotatable bonds is 1. The Hall–Kier alpha value is -1.81. The van der Waals surface area contributed by atoms with Gasteiger partial charge in [0.25, 0.3) is 0 Å². The van der Waals surface area contributed by atoms with Crippen molar-refractivity contribution in [2.24, 2.45) is 11.3 Å². The van der Waals surface area contributed by atoms with Crippen molar-refractivity contribution in [1.82, 2.24) is 0 Å². The Balaban J connectivity index is 2.18. The average molecular weight is 288 g/mol. The minimum Gasteiger partial charge on any atom is -0.504 e. The summed E-state index contributed by atoms with van der Waals surface area (Å²) in [5.74, 6) is 0.418. The zero-order chi connectivity index (χ0) is 15.4. The number of allylic oxidation sites excluding steroid dienone is 1. The zero-order valence-corrected chi connectivity index (χ0v) is 12.5. The van der Waals surface area contributed by atoms with E-state index < -0.39 is 11.5 Å². The SMILES string of the molecule is COc1cc2c(cc1O)CCC1C2=CC(=O)C(O)C1(C)C. The number of methoxy groups -OCH3 is 1. The fourth-order valence-electron chi connectivity index (χ4n) is 3.63. The summed E-state index contributed by atoms with van der Waals surface area (Å²) in [6.45, 7) is 3.88. The number of carbonyl (C=O) groups is 1. The van der Waals surface area contributed by atoms with E-state index in [2.05, 4.69) is 0 Å². The summed E-state index contributed by atoms with van der Waals surface area (Å²) >= 11 is 0. The van der Waals surface area contributed by atoms with Crippen molar-refractivity contribution in [3.63, 3.8) is 0 Å². The van der Waals surface area contributed by atoms with E-state index in [1.807, 2.05) is 13.8 Å². The monoisotopic (exact) mass is 288 g/mol. The van der Waals surface area contributed by atoms with Gasteiger partial charge in [0.1, 0.15) is 6.10 Å². The molecule has 4 nitrogen and oxygen atoms in total. The van der Waals surface area contributed by atoms with Crippen molar-refractivity contribution < 1.29 is 19.7 Å². The van der Waals surface area contributed by atoms with E-state index in [0.29, 0.717) is 5.75 Å². The molecule has 0 aromatic heterocycles. The van der Waals surface area contributed by atoms with Gasteiger partial charge in [0.15, 0.2) is 17.3 Å². The second kappa shape index (κ2) is 4.60. The van der Waals surface area contributed by atoms with Crippen molar-refractivity contribution >= 4 is 11.4 Å². The van der Waals surface area contributed by atoms with Crippen LogP contribution < -0.4 is 4.74 Å². The third-order valence-corrected chi connectivity index (χ3v) is 4.96. The van der Waals surface area contributed by atoms with Gasteiger partial charge >= 0.3 is 0 Å². The second-order valence-electron chi connectivity index (χ2n) is 6.50. The molecule has 1 aromatic rings. The van der Waals surface area contributed by atoms with Gasteiger partial charge in [-0.2, -0.15) is 0 Å². The molecular weight excluding hydrogens is 268 g/mol. The molecule has 112 valence electrons. The topological polar surface area (TPSA) is 66.8 Å². The standard InChI is InChI=1S/C17H20O4/c1-17(2)12-5-4-9-6-13(18)15(21-3)8-10(9)11(12)7-14(19)16(17)20/h6-8,12,16,18,20H,4-5H2,1-3H3. The predicted octanol–water partition coefficient (Wildman–Crippen LogP) is 2.32. The first kappa shape index (κ1) is 14.1. The Morgan fingerprint density at radius 1 is 1.33 bits per heavy atom. The lowest BCUT2D eigenvalue weighted by molar-refractivity contribution is -0.130. The number of hydrogen-bond acceptors (Lipinski definition) is 4. The number of phenolic OH excluding ortho intramolecular Hbond substituents is 1. The van der Waals surface area contributed by atoms with Crippen LogP contribution in [0.5, 0.6) is 11.5 Å². The normalized spacial score (nSPS) is 26.7. The molecule has 0 saturated carbocycles. The quantitative estimate of drug-likeness (QED) is 0.832. The van der Waals surface area contributed by atoms with Gasteiger partial charge in [0, 0.05) is 5.41 Å². The molecule has 0 fully saturated rings. The number of hydrogen-bond donors (Lipinski definition) is 2. The molecule has 0 saturated heterocycles. The van der Waals surface area contributed by atoms with Gasteiger partial charge in [-0.25, -0.2) is 0 Å². The predicted molar refractivity (Wildman–Crippen MR) is 79.2 cm³/mol. The molecule has 21 heavy (non-hydrogen) atoms. The van der Waals surface area contributed by atoms with E-state index in [4.69, 9.17) is 4.74 Å². The van der Waals surface area contributed by atoms with Crippen LogP contribution in [0, 0.1) is 11.3 Å². The summed E-state index contributed by atoms with van der Waals surface area (Å²) in [6, 6.07) is 3.51. The largest absolute Gasteiger partial charge is 0.504 e. The number of carbonyl (C=O) groups excluding carboxylic acids is 1. The van der Waals surface area contributed by atoms with Crippen molar-refractivity contribution in [2.45, 2.75) is 32.8 Å². The molecule has 1 aromatic carbocycles. The van der Waals surface area contributed by atoms with Crippen LogP contribution in [0.3, 0.4) is 0 Å². The maximum atomic E-state index is 12.1. The van der Waals surface area contributed by atoms with Crippen LogP contribution in [0.1, 0.15) is 31.4 Å². The lowest BCUT2D eigenvalue weighted by Gasteiger charge is -2.44. The first-order valence-corrected chi connectivity index (χ1v) is 7.20. The minimum atomic E-state index is -0.952. The number of aryl methyl sites for hydroxylation is 1. The van der Waals surface area contributed by atoms with Gasteiger partial charge in [-0.3, -0.25) is 4.79 Å². The fourth-order valence-corrected chi connectivity index (χ4v) is 3.63. The molecule has 0 heterocycles. The first-order chi connectivity index (χ1) is 9.86. The third kappa shape index (κ3) is 1.97. The Bertz CT molecular complexity index is 642. The number of aliphatic hydroxyl groups excluding tert-OH is 1. The Morgan fingerprint density at radius 3 is 2.71 bits per heavy atom. The maximum Gasteiger partial charge on any atom is 0.184 e. The van der Waals surface area contributed by atoms with Crippen LogP contribution in [0.4, 0.5) is 0 Å². The highest BCUT2D eigenvalue weighted by atomic mass is 16.5. The van der Waals surface area contributed by atoms with Gasteiger partial charge < -0.3 is 14.9 Å². The van der Waals surface area contributed by atoms with Gasteiger partial charge in [-0.05, 0) is 53.7 Å². The van der Waals surface area contributed by atoms with E-state index in [-0.39, 0.29) is 17.5 Å². The number of ether oxygens (including phenoxy) is 1. The van der Waals surface area contributed by atoms with Gasteiger partial charge in [0.05, 0.1) is 7.11 Å². The van der Waals surface area contributed by atoms with Crippen LogP contribution in [0.15, 0.2) is 18.2 Å². The molecule has 2 aliphatic carbocycles. The molecule has 0 amide bonds. The van der Waals surface area contributed by atoms with Gasteiger partial charge in [-0.15, -0.1) is 0 Å². The number of benzene rings is 1. The number of aliphatic hydroxyl groups is 1. The van der Waals surface area contributed by atoms with Crippen molar-refractivity contribution in [1.29, 1.82) is 0 Å². The minimum absolute atomic E-state index is 0.122. The maximum absolute atomic E-state index is 12.1. The van der Waals surface area contributed by atoms with E-state index in [0.717, 1.165) is 29.5 Å². The van der Waals surface area contributed by atoms with E-state index in [1.54, 1.807) is 18.2 Å². The van der Waals surface area contributed by atoms with Gasteiger partial charge in [-0.1, -0.05) is 13.8 Å². The molecule has 0 spiro atoms. The van der Waals surface area contributed by atoms with Crippen LogP contribution in [0.2, 0.25) is 0 Å². The lowest BCUT2D eigenvalue weighted by Crippen LogP contribution is -2.46. The third-order valence-electron chi connectivity index (χ3n) is 4.96. The summed E-state index contributed by atoms with van der Waals surface area (Å²) in [7, 11) is 1.51. The molecule has 2 N–H and O–H groups in total. The second-order valence-corrected chi connectivity index (χ2v) is 6.50. The van der Waals surface area contributed by atoms with E-state index in [9.17, 15) is 15.0 Å². The number of fused-ring (bicyclic) bond motifs is 3. The average Bonchev–Trinajstić information content (AvgIpc) is 2.44. The lowest BCUT2D eigenvalue weighted by atomic mass is 9.60. The molecule has 0 radical (unpaired) electrons. The summed E-state index contributed by atoms with van der Waals surface area (Å²) < 4.78 is 5.18. The first-order valence-electron chi connectivity index (χ1n) is 7.20. The fraction of sp³-hybridized carbons (Fsp3) is 0.471.